The van der Waals surface area contributed by atoms with Gasteiger partial charge in [-0.25, -0.2) is 0 Å². The fraction of sp³-hybridized carbons (Fsp3) is 0.615. The first-order valence-electron chi connectivity index (χ1n) is 6.77. The molecule has 0 spiro atoms. The van der Waals surface area contributed by atoms with Crippen LogP contribution in [0.2, 0.25) is 0 Å². The van der Waals surface area contributed by atoms with Gasteiger partial charge in [0.25, 0.3) is 5.91 Å². The van der Waals surface area contributed by atoms with E-state index in [1.165, 1.54) is 4.90 Å². The van der Waals surface area contributed by atoms with E-state index in [4.69, 9.17) is 0 Å². The molecule has 2 N–H and O–H groups in total. The molecular formula is C13H20N4O3. The lowest BCUT2D eigenvalue weighted by Gasteiger charge is -2.21. The lowest BCUT2D eigenvalue weighted by Crippen LogP contribution is -2.44. The summed E-state index contributed by atoms with van der Waals surface area (Å²) in [4.78, 5) is 25.1. The van der Waals surface area contributed by atoms with Crippen molar-refractivity contribution >= 4 is 11.8 Å². The highest BCUT2D eigenvalue weighted by Crippen LogP contribution is 2.11. The van der Waals surface area contributed by atoms with Crippen molar-refractivity contribution in [3.63, 3.8) is 0 Å². The Morgan fingerprint density at radius 1 is 1.55 bits per heavy atom. The molecule has 1 fully saturated rings. The zero-order valence-corrected chi connectivity index (χ0v) is 11.6. The molecule has 2 amide bonds. The van der Waals surface area contributed by atoms with Gasteiger partial charge in [-0.3, -0.25) is 14.3 Å². The Balaban J connectivity index is 1.82. The van der Waals surface area contributed by atoms with E-state index in [1.54, 1.807) is 10.9 Å². The molecule has 20 heavy (non-hydrogen) atoms. The minimum absolute atomic E-state index is 0.00381. The van der Waals surface area contributed by atoms with Crippen LogP contribution in [0.25, 0.3) is 0 Å². The van der Waals surface area contributed by atoms with Crippen LogP contribution < -0.4 is 5.32 Å². The predicted octanol–water partition coefficient (Wildman–Crippen LogP) is -0.590. The number of aromatic nitrogens is 2. The number of hydrogen-bond donors (Lipinski definition) is 2. The second-order valence-electron chi connectivity index (χ2n) is 5.07. The van der Waals surface area contributed by atoms with Crippen molar-refractivity contribution in [1.29, 1.82) is 0 Å². The van der Waals surface area contributed by atoms with E-state index >= 15 is 0 Å². The van der Waals surface area contributed by atoms with E-state index in [2.05, 4.69) is 10.4 Å². The Morgan fingerprint density at radius 3 is 3.05 bits per heavy atom. The molecule has 2 heterocycles. The second-order valence-corrected chi connectivity index (χ2v) is 5.07. The number of aliphatic hydroxyl groups excluding tert-OH is 1. The van der Waals surface area contributed by atoms with Crippen LogP contribution in [-0.4, -0.2) is 50.8 Å². The molecule has 1 aromatic rings. The summed E-state index contributed by atoms with van der Waals surface area (Å²) in [6.45, 7) is 0.906. The van der Waals surface area contributed by atoms with Crippen LogP contribution in [-0.2, 0) is 23.2 Å². The van der Waals surface area contributed by atoms with Gasteiger partial charge >= 0.3 is 0 Å². The Hall–Kier alpha value is -1.89. The van der Waals surface area contributed by atoms with Crippen molar-refractivity contribution in [2.75, 3.05) is 13.1 Å². The molecule has 0 aromatic carbocycles. The average molecular weight is 280 g/mol. The van der Waals surface area contributed by atoms with E-state index < -0.39 is 6.10 Å². The number of aryl methyl sites for hydroxylation is 1. The number of nitrogens with zero attached hydrogens (tertiary/aromatic N) is 3. The van der Waals surface area contributed by atoms with Gasteiger partial charge in [0.05, 0.1) is 12.7 Å². The molecule has 0 bridgehead atoms. The molecule has 1 atom stereocenters. The van der Waals surface area contributed by atoms with Crippen LogP contribution in [0.4, 0.5) is 0 Å². The molecule has 1 saturated heterocycles. The fourth-order valence-corrected chi connectivity index (χ4v) is 2.23. The number of carbonyl (C=O) groups excluding carboxylic acids is 2. The Morgan fingerprint density at radius 2 is 2.35 bits per heavy atom. The molecule has 110 valence electrons. The maximum atomic E-state index is 11.8. The largest absolute Gasteiger partial charge is 0.383 e. The quantitative estimate of drug-likeness (QED) is 0.771. The maximum Gasteiger partial charge on any atom is 0.251 e. The predicted molar refractivity (Wildman–Crippen MR) is 71.5 cm³/mol. The van der Waals surface area contributed by atoms with Crippen molar-refractivity contribution < 1.29 is 14.7 Å². The highest BCUT2D eigenvalue weighted by molar-refractivity contribution is 5.87. The molecule has 7 heteroatoms. The SMILES string of the molecule is Cn1cc(CNC(=O)CN2CCCCC(O)C2=O)cn1. The fourth-order valence-electron chi connectivity index (χ4n) is 2.23. The van der Waals surface area contributed by atoms with Crippen LogP contribution in [0.3, 0.4) is 0 Å². The van der Waals surface area contributed by atoms with Gasteiger partial charge in [-0.15, -0.1) is 0 Å². The summed E-state index contributed by atoms with van der Waals surface area (Å²) in [7, 11) is 1.81. The lowest BCUT2D eigenvalue weighted by atomic mass is 10.2. The first-order valence-corrected chi connectivity index (χ1v) is 6.77. The minimum atomic E-state index is -0.969. The topological polar surface area (TPSA) is 87.5 Å². The van der Waals surface area contributed by atoms with Gasteiger partial charge in [0.15, 0.2) is 0 Å². The summed E-state index contributed by atoms with van der Waals surface area (Å²) in [6.07, 6.45) is 4.64. The smallest absolute Gasteiger partial charge is 0.251 e. The van der Waals surface area contributed by atoms with E-state index in [1.807, 2.05) is 13.2 Å². The third kappa shape index (κ3) is 3.80. The number of likely N-dealkylation sites (tertiary alicyclic amines) is 1. The van der Waals surface area contributed by atoms with E-state index in [9.17, 15) is 14.7 Å². The maximum absolute atomic E-state index is 11.8. The number of nitrogens with one attached hydrogen (secondary N) is 1. The summed E-state index contributed by atoms with van der Waals surface area (Å²) in [5, 5.41) is 16.4. The molecule has 7 nitrogen and oxygen atoms in total. The lowest BCUT2D eigenvalue weighted by molar-refractivity contribution is -0.142. The molecule has 1 aliphatic heterocycles. The van der Waals surface area contributed by atoms with Crippen LogP contribution in [0, 0.1) is 0 Å². The molecule has 0 aliphatic carbocycles. The summed E-state index contributed by atoms with van der Waals surface area (Å²) >= 11 is 0. The standard InChI is InChI=1S/C13H20N4O3/c1-16-8-10(7-15-16)6-14-12(19)9-17-5-3-2-4-11(18)13(17)20/h7-8,11,18H,2-6,9H2,1H3,(H,14,19). The second kappa shape index (κ2) is 6.51. The number of carbonyl (C=O) groups is 2. The molecule has 2 rings (SSSR count). The van der Waals surface area contributed by atoms with Crippen LogP contribution in [0.1, 0.15) is 24.8 Å². The van der Waals surface area contributed by atoms with Crippen molar-refractivity contribution in [3.8, 4) is 0 Å². The van der Waals surface area contributed by atoms with E-state index in [0.717, 1.165) is 18.4 Å². The highest BCUT2D eigenvalue weighted by atomic mass is 16.3. The zero-order chi connectivity index (χ0) is 14.5. The number of aliphatic hydroxyl groups is 1. The van der Waals surface area contributed by atoms with Gasteiger partial charge < -0.3 is 15.3 Å². The van der Waals surface area contributed by atoms with Gasteiger partial charge in [0.2, 0.25) is 5.91 Å². The third-order valence-corrected chi connectivity index (χ3v) is 3.33. The number of hydrogen-bond acceptors (Lipinski definition) is 4. The van der Waals surface area contributed by atoms with Gasteiger partial charge in [-0.2, -0.15) is 5.10 Å². The van der Waals surface area contributed by atoms with Crippen molar-refractivity contribution in [1.82, 2.24) is 20.0 Å². The van der Waals surface area contributed by atoms with Gasteiger partial charge in [-0.1, -0.05) is 0 Å². The van der Waals surface area contributed by atoms with Crippen LogP contribution >= 0.6 is 0 Å². The zero-order valence-electron chi connectivity index (χ0n) is 11.6. The first-order chi connectivity index (χ1) is 9.56. The summed E-state index contributed by atoms with van der Waals surface area (Å²) in [5.74, 6) is -0.574. The van der Waals surface area contributed by atoms with Gasteiger partial charge in [0.1, 0.15) is 6.10 Å². The highest BCUT2D eigenvalue weighted by Gasteiger charge is 2.26. The molecule has 0 saturated carbocycles. The third-order valence-electron chi connectivity index (χ3n) is 3.33. The molecular weight excluding hydrogens is 260 g/mol. The molecule has 0 radical (unpaired) electrons. The monoisotopic (exact) mass is 280 g/mol. The summed E-state index contributed by atoms with van der Waals surface area (Å²) < 4.78 is 1.66. The van der Waals surface area contributed by atoms with Gasteiger partial charge in [-0.05, 0) is 19.3 Å². The van der Waals surface area contributed by atoms with Crippen LogP contribution in [0.15, 0.2) is 12.4 Å². The normalized spacial score (nSPS) is 19.8. The molecule has 1 aromatic heterocycles. The number of amides is 2. The minimum Gasteiger partial charge on any atom is -0.383 e. The molecule has 1 unspecified atom stereocenters. The van der Waals surface area contributed by atoms with Crippen molar-refractivity contribution in [2.24, 2.45) is 7.05 Å². The van der Waals surface area contributed by atoms with E-state index in [-0.39, 0.29) is 18.4 Å². The van der Waals surface area contributed by atoms with E-state index in [0.29, 0.717) is 19.5 Å². The number of rotatable bonds is 4. The van der Waals surface area contributed by atoms with Crippen LogP contribution in [0.5, 0.6) is 0 Å². The Labute approximate surface area is 117 Å². The van der Waals surface area contributed by atoms with Crippen molar-refractivity contribution in [2.45, 2.75) is 31.9 Å². The molecule has 1 aliphatic rings. The Kier molecular flexibility index (Phi) is 4.73. The van der Waals surface area contributed by atoms with Gasteiger partial charge in [0, 0.05) is 31.9 Å². The Bertz CT molecular complexity index is 486. The first kappa shape index (κ1) is 14.5. The summed E-state index contributed by atoms with van der Waals surface area (Å²) in [5.41, 5.74) is 0.906. The summed E-state index contributed by atoms with van der Waals surface area (Å²) in [6, 6.07) is 0. The average Bonchev–Trinajstić information content (AvgIpc) is 2.77. The van der Waals surface area contributed by atoms with Crippen molar-refractivity contribution in [3.05, 3.63) is 18.0 Å².